The molecular weight excluding hydrogens is 200 g/mol. The fourth-order valence-electron chi connectivity index (χ4n) is 1.82. The molecule has 0 N–H and O–H groups in total. The maximum Gasteiger partial charge on any atom is 0.334 e. The van der Waals surface area contributed by atoms with Crippen LogP contribution in [-0.2, 0) is 9.53 Å². The minimum atomic E-state index is -0.169. The molecule has 0 atom stereocenters. The number of carbonyl (C=O) groups is 1. The Balaban J connectivity index is 1.68. The highest BCUT2D eigenvalue weighted by Crippen LogP contribution is 2.16. The van der Waals surface area contributed by atoms with Crippen molar-refractivity contribution in [3.05, 3.63) is 47.6 Å². The van der Waals surface area contributed by atoms with Gasteiger partial charge in [-0.3, -0.25) is 0 Å². The first kappa shape index (κ1) is 10.9. The average Bonchev–Trinajstić information content (AvgIpc) is 2.84. The van der Waals surface area contributed by atoms with Crippen LogP contribution in [0.2, 0.25) is 0 Å². The molecule has 0 spiro atoms. The van der Waals surface area contributed by atoms with Crippen LogP contribution in [0.15, 0.2) is 47.6 Å². The summed E-state index contributed by atoms with van der Waals surface area (Å²) in [5, 5.41) is 0. The van der Waals surface area contributed by atoms with Crippen LogP contribution in [0, 0.1) is 0 Å². The van der Waals surface area contributed by atoms with E-state index in [9.17, 15) is 4.79 Å². The maximum atomic E-state index is 11.5. The Morgan fingerprint density at radius 2 is 2.19 bits per heavy atom. The Kier molecular flexibility index (Phi) is 3.76. The smallest absolute Gasteiger partial charge is 0.334 e. The molecule has 0 saturated heterocycles. The second-order valence-corrected chi connectivity index (χ2v) is 3.98. The van der Waals surface area contributed by atoms with Gasteiger partial charge in [0.2, 0.25) is 0 Å². The number of hydrogen-bond donors (Lipinski definition) is 0. The van der Waals surface area contributed by atoms with Gasteiger partial charge in [-0.1, -0.05) is 42.0 Å². The van der Waals surface area contributed by atoms with Crippen molar-refractivity contribution in [1.29, 1.82) is 0 Å². The third kappa shape index (κ3) is 2.96. The molecule has 0 amide bonds. The largest absolute Gasteiger partial charge is 0.462 e. The van der Waals surface area contributed by atoms with E-state index in [-0.39, 0.29) is 5.97 Å². The molecule has 0 radical (unpaired) electrons. The van der Waals surface area contributed by atoms with Gasteiger partial charge in [-0.25, -0.2) is 4.79 Å². The zero-order valence-electron chi connectivity index (χ0n) is 9.32. The van der Waals surface area contributed by atoms with Crippen LogP contribution >= 0.6 is 0 Å². The summed E-state index contributed by atoms with van der Waals surface area (Å²) in [6.45, 7) is 0.496. The summed E-state index contributed by atoms with van der Waals surface area (Å²) in [6, 6.07) is 0. The number of ether oxygens (including phenoxy) is 1. The van der Waals surface area contributed by atoms with Gasteiger partial charge >= 0.3 is 5.97 Å². The minimum Gasteiger partial charge on any atom is -0.462 e. The molecule has 0 bridgehead atoms. The fourth-order valence-corrected chi connectivity index (χ4v) is 1.82. The van der Waals surface area contributed by atoms with Crippen molar-refractivity contribution in [1.82, 2.24) is 0 Å². The summed E-state index contributed by atoms with van der Waals surface area (Å²) in [4.78, 5) is 11.5. The standard InChI is InChI=1S/C14H16O2/c15-14(13-8-4-5-9-13)16-11-10-12-6-2-1-3-7-12/h1-2,4-5,7-8H,3,6,9-11H2. The zero-order chi connectivity index (χ0) is 11.2. The van der Waals surface area contributed by atoms with Crippen molar-refractivity contribution >= 4 is 5.97 Å². The van der Waals surface area contributed by atoms with Crippen LogP contribution in [0.4, 0.5) is 0 Å². The summed E-state index contributed by atoms with van der Waals surface area (Å²) in [5.74, 6) is -0.169. The number of carbonyl (C=O) groups excluding carboxylic acids is 1. The molecule has 2 rings (SSSR count). The van der Waals surface area contributed by atoms with Crippen LogP contribution in [0.5, 0.6) is 0 Å². The van der Waals surface area contributed by atoms with E-state index >= 15 is 0 Å². The molecule has 0 heterocycles. The Morgan fingerprint density at radius 3 is 2.88 bits per heavy atom. The highest BCUT2D eigenvalue weighted by molar-refractivity contribution is 5.89. The number of esters is 1. The molecule has 84 valence electrons. The summed E-state index contributed by atoms with van der Waals surface area (Å²) < 4.78 is 5.22. The van der Waals surface area contributed by atoms with E-state index in [1.54, 1.807) is 0 Å². The third-order valence-electron chi connectivity index (χ3n) is 2.78. The van der Waals surface area contributed by atoms with Crippen molar-refractivity contribution in [2.75, 3.05) is 6.61 Å². The Labute approximate surface area is 96.0 Å². The van der Waals surface area contributed by atoms with E-state index in [0.717, 1.165) is 24.8 Å². The molecule has 0 aromatic carbocycles. The lowest BCUT2D eigenvalue weighted by Crippen LogP contribution is -2.08. The minimum absolute atomic E-state index is 0.169. The quantitative estimate of drug-likeness (QED) is 0.533. The van der Waals surface area contributed by atoms with Crippen LogP contribution in [0.1, 0.15) is 25.7 Å². The molecule has 0 aliphatic heterocycles. The van der Waals surface area contributed by atoms with Gasteiger partial charge in [0.1, 0.15) is 0 Å². The van der Waals surface area contributed by atoms with Crippen LogP contribution in [0.25, 0.3) is 0 Å². The first-order chi connectivity index (χ1) is 7.86. The van der Waals surface area contributed by atoms with Crippen LogP contribution in [0.3, 0.4) is 0 Å². The second-order valence-electron chi connectivity index (χ2n) is 3.98. The summed E-state index contributed by atoms with van der Waals surface area (Å²) in [5.41, 5.74) is 2.13. The highest BCUT2D eigenvalue weighted by atomic mass is 16.5. The molecule has 0 unspecified atom stereocenters. The normalized spacial score (nSPS) is 18.2. The van der Waals surface area contributed by atoms with Gasteiger partial charge in [-0.15, -0.1) is 0 Å². The molecule has 2 heteroatoms. The molecule has 2 aliphatic carbocycles. The number of hydrogen-bond acceptors (Lipinski definition) is 2. The first-order valence-electron chi connectivity index (χ1n) is 5.72. The molecule has 0 saturated carbocycles. The summed E-state index contributed by atoms with van der Waals surface area (Å²) in [6.07, 6.45) is 15.8. The molecular formula is C14H16O2. The van der Waals surface area contributed by atoms with Gasteiger partial charge in [0.05, 0.1) is 6.61 Å². The number of allylic oxidation sites excluding steroid dienone is 6. The monoisotopic (exact) mass is 216 g/mol. The molecule has 2 nitrogen and oxygen atoms in total. The van der Waals surface area contributed by atoms with Crippen molar-refractivity contribution in [2.24, 2.45) is 0 Å². The first-order valence-corrected chi connectivity index (χ1v) is 5.72. The van der Waals surface area contributed by atoms with E-state index in [1.165, 1.54) is 5.57 Å². The van der Waals surface area contributed by atoms with E-state index in [2.05, 4.69) is 18.2 Å². The lowest BCUT2D eigenvalue weighted by atomic mass is 10.0. The second kappa shape index (κ2) is 5.50. The fraction of sp³-hybridized carbons (Fsp3) is 0.357. The average molecular weight is 216 g/mol. The van der Waals surface area contributed by atoms with Gasteiger partial charge in [0.25, 0.3) is 0 Å². The maximum absolute atomic E-state index is 11.5. The highest BCUT2D eigenvalue weighted by Gasteiger charge is 2.11. The molecule has 16 heavy (non-hydrogen) atoms. The summed E-state index contributed by atoms with van der Waals surface area (Å²) >= 11 is 0. The van der Waals surface area contributed by atoms with E-state index in [0.29, 0.717) is 13.0 Å². The lowest BCUT2D eigenvalue weighted by molar-refractivity contribution is -0.138. The van der Waals surface area contributed by atoms with Crippen molar-refractivity contribution in [2.45, 2.75) is 25.7 Å². The van der Waals surface area contributed by atoms with Crippen LogP contribution in [-0.4, -0.2) is 12.6 Å². The van der Waals surface area contributed by atoms with Gasteiger partial charge in [-0.2, -0.15) is 0 Å². The third-order valence-corrected chi connectivity index (χ3v) is 2.78. The molecule has 2 aliphatic rings. The SMILES string of the molecule is O=C(OCCC1=CCC=CC1)C1=CC=CC1. The number of rotatable bonds is 4. The van der Waals surface area contributed by atoms with Crippen molar-refractivity contribution in [3.8, 4) is 0 Å². The predicted octanol–water partition coefficient (Wildman–Crippen LogP) is 3.08. The van der Waals surface area contributed by atoms with Gasteiger partial charge in [0, 0.05) is 12.0 Å². The Morgan fingerprint density at radius 1 is 1.25 bits per heavy atom. The Hall–Kier alpha value is -1.57. The van der Waals surface area contributed by atoms with E-state index in [1.807, 2.05) is 18.2 Å². The van der Waals surface area contributed by atoms with Gasteiger partial charge < -0.3 is 4.74 Å². The summed E-state index contributed by atoms with van der Waals surface area (Å²) in [7, 11) is 0. The zero-order valence-corrected chi connectivity index (χ0v) is 9.32. The van der Waals surface area contributed by atoms with Crippen LogP contribution < -0.4 is 0 Å². The molecule has 0 aromatic rings. The predicted molar refractivity (Wildman–Crippen MR) is 63.9 cm³/mol. The van der Waals surface area contributed by atoms with Gasteiger partial charge in [-0.05, 0) is 19.3 Å². The van der Waals surface area contributed by atoms with E-state index < -0.39 is 0 Å². The van der Waals surface area contributed by atoms with Crippen molar-refractivity contribution < 1.29 is 9.53 Å². The van der Waals surface area contributed by atoms with Gasteiger partial charge in [0.15, 0.2) is 0 Å². The van der Waals surface area contributed by atoms with Crippen molar-refractivity contribution in [3.63, 3.8) is 0 Å². The topological polar surface area (TPSA) is 26.3 Å². The lowest BCUT2D eigenvalue weighted by Gasteiger charge is -2.09. The molecule has 0 fully saturated rings. The Bertz CT molecular complexity index is 384. The molecule has 0 aromatic heterocycles. The van der Waals surface area contributed by atoms with E-state index in [4.69, 9.17) is 4.74 Å².